The van der Waals surface area contributed by atoms with Crippen LogP contribution >= 0.6 is 0 Å². The first-order valence-corrected chi connectivity index (χ1v) is 11.3. The number of nitrogens with one attached hydrogen (secondary N) is 1. The Morgan fingerprint density at radius 1 is 1.21 bits per heavy atom. The molecule has 9 heteroatoms. The minimum Gasteiger partial charge on any atom is -0.456 e. The fraction of sp³-hybridized carbons (Fsp3) is 0.550. The van der Waals surface area contributed by atoms with E-state index in [9.17, 15) is 18.0 Å². The molecule has 0 bridgehead atoms. The zero-order valence-electron chi connectivity index (χ0n) is 16.8. The van der Waals surface area contributed by atoms with E-state index in [1.54, 1.807) is 30.1 Å². The fourth-order valence-corrected chi connectivity index (χ4v) is 4.91. The van der Waals surface area contributed by atoms with Crippen molar-refractivity contribution in [1.82, 2.24) is 9.62 Å². The van der Waals surface area contributed by atoms with E-state index >= 15 is 0 Å². The fourth-order valence-electron chi connectivity index (χ4n) is 3.66. The number of amides is 1. The van der Waals surface area contributed by atoms with Gasteiger partial charge in [-0.1, -0.05) is 19.1 Å². The third-order valence-corrected chi connectivity index (χ3v) is 6.93. The molecule has 1 fully saturated rings. The number of likely N-dealkylation sites (N-methyl/N-ethyl adjacent to an activating group) is 1. The number of hydrogen-bond donors (Lipinski definition) is 1. The number of rotatable bonds is 6. The first-order chi connectivity index (χ1) is 13.8. The number of esters is 1. The molecule has 0 aromatic heterocycles. The smallest absolute Gasteiger partial charge is 0.308 e. The van der Waals surface area contributed by atoms with Crippen LogP contribution < -0.4 is 4.72 Å². The largest absolute Gasteiger partial charge is 0.456 e. The second kappa shape index (κ2) is 8.94. The Kier molecular flexibility index (Phi) is 6.56. The molecule has 0 spiro atoms. The van der Waals surface area contributed by atoms with Gasteiger partial charge in [0.05, 0.1) is 17.9 Å². The third-order valence-electron chi connectivity index (χ3n) is 5.53. The number of sulfonamides is 1. The van der Waals surface area contributed by atoms with Crippen LogP contribution in [-0.2, 0) is 24.3 Å². The minimum atomic E-state index is -3.60. The highest BCUT2D eigenvalue weighted by atomic mass is 32.2. The van der Waals surface area contributed by atoms with Crippen molar-refractivity contribution < 1.29 is 22.7 Å². The van der Waals surface area contributed by atoms with Gasteiger partial charge in [0.1, 0.15) is 5.84 Å². The molecule has 1 aromatic carbocycles. The van der Waals surface area contributed by atoms with Gasteiger partial charge in [0.2, 0.25) is 0 Å². The number of benzene rings is 1. The molecule has 0 unspecified atom stereocenters. The van der Waals surface area contributed by atoms with Crippen molar-refractivity contribution in [3.05, 3.63) is 29.8 Å². The summed E-state index contributed by atoms with van der Waals surface area (Å²) < 4.78 is 31.5. The molecule has 3 rings (SSSR count). The van der Waals surface area contributed by atoms with Crippen LogP contribution in [0, 0.1) is 5.92 Å². The number of carbonyl (C=O) groups excluding carboxylic acids is 2. The highest BCUT2D eigenvalue weighted by molar-refractivity contribution is 7.90. The van der Waals surface area contributed by atoms with Gasteiger partial charge in [-0.25, -0.2) is 8.42 Å². The number of carbonyl (C=O) groups is 2. The maximum absolute atomic E-state index is 12.3. The molecule has 1 saturated carbocycles. The van der Waals surface area contributed by atoms with E-state index in [0.29, 0.717) is 11.5 Å². The molecule has 1 aromatic rings. The summed E-state index contributed by atoms with van der Waals surface area (Å²) >= 11 is 0. The molecule has 0 radical (unpaired) electrons. The maximum Gasteiger partial charge on any atom is 0.308 e. The van der Waals surface area contributed by atoms with Crippen LogP contribution in [0.3, 0.4) is 0 Å². The first kappa shape index (κ1) is 21.3. The second-order valence-electron chi connectivity index (χ2n) is 7.66. The van der Waals surface area contributed by atoms with Crippen LogP contribution in [0.15, 0.2) is 34.2 Å². The molecule has 1 heterocycles. The summed E-state index contributed by atoms with van der Waals surface area (Å²) in [5, 5.41) is 0. The van der Waals surface area contributed by atoms with Gasteiger partial charge in [-0.2, -0.15) is 0 Å². The number of fused-ring (bicyclic) bond motifs is 1. The number of ether oxygens (including phenoxy) is 1. The van der Waals surface area contributed by atoms with Crippen LogP contribution in [0.25, 0.3) is 0 Å². The lowest BCUT2D eigenvalue weighted by Gasteiger charge is -2.33. The van der Waals surface area contributed by atoms with Crippen molar-refractivity contribution >= 4 is 27.7 Å². The van der Waals surface area contributed by atoms with Crippen molar-refractivity contribution in [1.29, 1.82) is 0 Å². The molecular weight excluding hydrogens is 394 g/mol. The number of hydrogen-bond acceptors (Lipinski definition) is 6. The van der Waals surface area contributed by atoms with Crippen LogP contribution in [0.2, 0.25) is 0 Å². The molecule has 158 valence electrons. The average Bonchev–Trinajstić information content (AvgIpc) is 2.97. The highest BCUT2D eigenvalue weighted by Gasteiger charge is 2.30. The first-order valence-electron chi connectivity index (χ1n) is 9.86. The number of aliphatic imine (C=N–C) groups is 1. The van der Waals surface area contributed by atoms with Gasteiger partial charge in [0.15, 0.2) is 6.61 Å². The molecule has 1 aliphatic heterocycles. The predicted octanol–water partition coefficient (Wildman–Crippen LogP) is 1.70. The maximum atomic E-state index is 12.3. The molecule has 1 N–H and O–H groups in total. The van der Waals surface area contributed by atoms with Gasteiger partial charge in [-0.15, -0.1) is 0 Å². The summed E-state index contributed by atoms with van der Waals surface area (Å²) in [5.74, 6) is 0.172. The lowest BCUT2D eigenvalue weighted by atomic mass is 9.87. The third kappa shape index (κ3) is 5.14. The van der Waals surface area contributed by atoms with Gasteiger partial charge in [0.25, 0.3) is 15.9 Å². The summed E-state index contributed by atoms with van der Waals surface area (Å²) in [4.78, 5) is 30.2. The Bertz CT molecular complexity index is 904. The van der Waals surface area contributed by atoms with Gasteiger partial charge >= 0.3 is 5.97 Å². The summed E-state index contributed by atoms with van der Waals surface area (Å²) in [5.41, 5.74) is 0.486. The normalized spacial score (nSPS) is 23.9. The van der Waals surface area contributed by atoms with Gasteiger partial charge < -0.3 is 9.64 Å². The summed E-state index contributed by atoms with van der Waals surface area (Å²) in [6.07, 6.45) is 4.13. The zero-order chi connectivity index (χ0) is 21.0. The van der Waals surface area contributed by atoms with E-state index in [1.807, 2.05) is 0 Å². The molecular formula is C20H27N3O5S. The van der Waals surface area contributed by atoms with E-state index in [2.05, 4.69) is 16.6 Å². The van der Waals surface area contributed by atoms with Crippen LogP contribution in [0.5, 0.6) is 0 Å². The van der Waals surface area contributed by atoms with E-state index in [0.717, 1.165) is 25.7 Å². The van der Waals surface area contributed by atoms with Gasteiger partial charge in [-0.3, -0.25) is 19.3 Å². The van der Waals surface area contributed by atoms with Crippen LogP contribution in [-0.4, -0.2) is 57.3 Å². The molecule has 0 atom stereocenters. The summed E-state index contributed by atoms with van der Waals surface area (Å²) in [6, 6.07) is 6.73. The Morgan fingerprint density at radius 2 is 1.90 bits per heavy atom. The molecule has 1 aliphatic carbocycles. The van der Waals surface area contributed by atoms with Crippen molar-refractivity contribution in [3.63, 3.8) is 0 Å². The lowest BCUT2D eigenvalue weighted by Crippen LogP contribution is -2.41. The van der Waals surface area contributed by atoms with Crippen LogP contribution in [0.4, 0.5) is 0 Å². The summed E-state index contributed by atoms with van der Waals surface area (Å²) in [6.45, 7) is 2.00. The Balaban J connectivity index is 1.45. The number of amidine groups is 1. The molecule has 8 nitrogen and oxygen atoms in total. The van der Waals surface area contributed by atoms with E-state index < -0.39 is 16.0 Å². The van der Waals surface area contributed by atoms with E-state index in [1.165, 1.54) is 6.07 Å². The average molecular weight is 422 g/mol. The van der Waals surface area contributed by atoms with Crippen molar-refractivity contribution in [2.24, 2.45) is 10.9 Å². The quantitative estimate of drug-likeness (QED) is 0.704. The molecule has 29 heavy (non-hydrogen) atoms. The van der Waals surface area contributed by atoms with Gasteiger partial charge in [-0.05, 0) is 43.7 Å². The molecule has 1 amide bonds. The van der Waals surface area contributed by atoms with Crippen LogP contribution in [0.1, 0.15) is 44.6 Å². The second-order valence-corrected chi connectivity index (χ2v) is 9.31. The van der Waals surface area contributed by atoms with E-state index in [4.69, 9.17) is 4.74 Å². The lowest BCUT2D eigenvalue weighted by molar-refractivity contribution is -0.152. The van der Waals surface area contributed by atoms with E-state index in [-0.39, 0.29) is 42.3 Å². The molecule has 2 aliphatic rings. The Morgan fingerprint density at radius 3 is 2.62 bits per heavy atom. The monoisotopic (exact) mass is 421 g/mol. The molecule has 0 saturated heterocycles. The minimum absolute atomic E-state index is 0.0364. The van der Waals surface area contributed by atoms with Gasteiger partial charge in [0, 0.05) is 18.7 Å². The standard InChI is InChI=1S/C20H27N3O5S/c1-14-7-9-15(10-8-14)23(2)18(24)13-28-19(25)11-12-21-20-16-5-3-4-6-17(16)29(26,27)22-20/h3-6,14-15H,7-13H2,1-2H3,(H,21,22). The summed E-state index contributed by atoms with van der Waals surface area (Å²) in [7, 11) is -1.84. The van der Waals surface area contributed by atoms with Crippen molar-refractivity contribution in [3.8, 4) is 0 Å². The Labute approximate surface area is 171 Å². The highest BCUT2D eigenvalue weighted by Crippen LogP contribution is 2.26. The number of nitrogens with zero attached hydrogens (tertiary/aromatic N) is 2. The predicted molar refractivity (Wildman–Crippen MR) is 108 cm³/mol. The SMILES string of the molecule is CC1CCC(N(C)C(=O)COC(=O)CCN=C2NS(=O)(=O)c3ccccc32)CC1. The topological polar surface area (TPSA) is 105 Å². The Hall–Kier alpha value is -2.42. The zero-order valence-corrected chi connectivity index (χ0v) is 17.6. The van der Waals surface area contributed by atoms with Crippen molar-refractivity contribution in [2.75, 3.05) is 20.2 Å². The van der Waals surface area contributed by atoms with Crippen molar-refractivity contribution in [2.45, 2.75) is 50.0 Å².